The van der Waals surface area contributed by atoms with Crippen LogP contribution in [0.15, 0.2) is 17.5 Å². The first-order valence-corrected chi connectivity index (χ1v) is 8.64. The van der Waals surface area contributed by atoms with Crippen molar-refractivity contribution in [1.29, 1.82) is 0 Å². The molecular weight excluding hydrogens is 268 g/mol. The van der Waals surface area contributed by atoms with E-state index in [2.05, 4.69) is 41.6 Å². The Morgan fingerprint density at radius 2 is 2.15 bits per heavy atom. The van der Waals surface area contributed by atoms with Gasteiger partial charge in [-0.3, -0.25) is 4.90 Å². The second-order valence-electron chi connectivity index (χ2n) is 6.62. The Kier molecular flexibility index (Phi) is 4.46. The molecule has 1 aliphatic carbocycles. The average Bonchev–Trinajstić information content (AvgIpc) is 3.15. The highest BCUT2D eigenvalue weighted by atomic mass is 32.1. The molecular formula is C16H26N2OS. The summed E-state index contributed by atoms with van der Waals surface area (Å²) in [6.45, 7) is 9.61. The monoisotopic (exact) mass is 294 g/mol. The number of hydrogen-bond acceptors (Lipinski definition) is 4. The van der Waals surface area contributed by atoms with Gasteiger partial charge in [-0.1, -0.05) is 6.07 Å². The maximum absolute atomic E-state index is 5.47. The number of nitrogens with one attached hydrogen (secondary N) is 1. The minimum absolute atomic E-state index is 0.203. The molecule has 1 aromatic rings. The number of hydrogen-bond donors (Lipinski definition) is 1. The van der Waals surface area contributed by atoms with Gasteiger partial charge >= 0.3 is 0 Å². The standard InChI is InChI=1S/C16H26N2OS/c1-16(2,18-7-9-19-10-8-18)12-17-15(13-5-6-13)14-4-3-11-20-14/h3-4,11,13,15,17H,5-10,12H2,1-2H3. The molecule has 1 saturated carbocycles. The van der Waals surface area contributed by atoms with E-state index in [0.29, 0.717) is 6.04 Å². The van der Waals surface area contributed by atoms with Crippen molar-refractivity contribution in [2.24, 2.45) is 5.92 Å². The lowest BCUT2D eigenvalue weighted by molar-refractivity contribution is -0.0105. The Balaban J connectivity index is 1.58. The lowest BCUT2D eigenvalue weighted by Gasteiger charge is -2.41. The first-order chi connectivity index (χ1) is 9.67. The van der Waals surface area contributed by atoms with E-state index >= 15 is 0 Å². The van der Waals surface area contributed by atoms with E-state index < -0.39 is 0 Å². The summed E-state index contributed by atoms with van der Waals surface area (Å²) in [4.78, 5) is 4.06. The Bertz CT molecular complexity index is 408. The molecule has 1 atom stereocenters. The third kappa shape index (κ3) is 3.42. The maximum Gasteiger partial charge on any atom is 0.0594 e. The summed E-state index contributed by atoms with van der Waals surface area (Å²) in [5.41, 5.74) is 0.203. The van der Waals surface area contributed by atoms with E-state index in [1.54, 1.807) is 0 Å². The summed E-state index contributed by atoms with van der Waals surface area (Å²) >= 11 is 1.89. The second kappa shape index (κ2) is 6.14. The maximum atomic E-state index is 5.47. The van der Waals surface area contributed by atoms with Crippen LogP contribution in [0.25, 0.3) is 0 Å². The number of nitrogens with zero attached hydrogens (tertiary/aromatic N) is 1. The van der Waals surface area contributed by atoms with Crippen molar-refractivity contribution in [3.05, 3.63) is 22.4 Å². The molecule has 0 aromatic carbocycles. The van der Waals surface area contributed by atoms with Gasteiger partial charge in [-0.05, 0) is 44.1 Å². The SMILES string of the molecule is CC(C)(CNC(c1cccs1)C1CC1)N1CCOCC1. The molecule has 0 radical (unpaired) electrons. The van der Waals surface area contributed by atoms with Crippen molar-refractivity contribution in [2.45, 2.75) is 38.3 Å². The van der Waals surface area contributed by atoms with E-state index in [9.17, 15) is 0 Å². The Labute approximate surface area is 126 Å². The van der Waals surface area contributed by atoms with Crippen LogP contribution in [0, 0.1) is 5.92 Å². The fourth-order valence-corrected chi connectivity index (χ4v) is 3.93. The zero-order valence-electron chi connectivity index (χ0n) is 12.6. The molecule has 1 N–H and O–H groups in total. The fraction of sp³-hybridized carbons (Fsp3) is 0.750. The third-order valence-corrected chi connectivity index (χ3v) is 5.52. The molecule has 0 bridgehead atoms. The van der Waals surface area contributed by atoms with E-state index in [-0.39, 0.29) is 5.54 Å². The molecule has 1 aliphatic heterocycles. The third-order valence-electron chi connectivity index (χ3n) is 4.56. The van der Waals surface area contributed by atoms with E-state index in [1.165, 1.54) is 17.7 Å². The van der Waals surface area contributed by atoms with Crippen LogP contribution in [-0.4, -0.2) is 43.3 Å². The molecule has 3 rings (SSSR count). The van der Waals surface area contributed by atoms with Gasteiger partial charge in [-0.2, -0.15) is 0 Å². The van der Waals surface area contributed by atoms with E-state index in [4.69, 9.17) is 4.74 Å². The van der Waals surface area contributed by atoms with Gasteiger partial charge in [0.2, 0.25) is 0 Å². The summed E-state index contributed by atoms with van der Waals surface area (Å²) in [5.74, 6) is 0.856. The molecule has 1 aromatic heterocycles. The van der Waals surface area contributed by atoms with Gasteiger partial charge < -0.3 is 10.1 Å². The van der Waals surface area contributed by atoms with Crippen molar-refractivity contribution in [2.75, 3.05) is 32.8 Å². The molecule has 1 saturated heterocycles. The summed E-state index contributed by atoms with van der Waals surface area (Å²) in [5, 5.41) is 6.04. The lowest BCUT2D eigenvalue weighted by atomic mass is 10.0. The lowest BCUT2D eigenvalue weighted by Crippen LogP contribution is -2.55. The summed E-state index contributed by atoms with van der Waals surface area (Å²) < 4.78 is 5.47. The molecule has 20 heavy (non-hydrogen) atoms. The highest BCUT2D eigenvalue weighted by Crippen LogP contribution is 2.42. The van der Waals surface area contributed by atoms with Gasteiger partial charge in [0.25, 0.3) is 0 Å². The molecule has 3 nitrogen and oxygen atoms in total. The molecule has 112 valence electrons. The molecule has 2 fully saturated rings. The molecule has 1 unspecified atom stereocenters. The predicted molar refractivity (Wildman–Crippen MR) is 84.3 cm³/mol. The van der Waals surface area contributed by atoms with Gasteiger partial charge in [0, 0.05) is 36.1 Å². The van der Waals surface area contributed by atoms with Crippen LogP contribution in [0.1, 0.15) is 37.6 Å². The van der Waals surface area contributed by atoms with Crippen LogP contribution in [0.4, 0.5) is 0 Å². The fourth-order valence-electron chi connectivity index (χ4n) is 3.04. The van der Waals surface area contributed by atoms with Gasteiger partial charge in [-0.25, -0.2) is 0 Å². The molecule has 0 spiro atoms. The zero-order chi connectivity index (χ0) is 14.0. The van der Waals surface area contributed by atoms with E-state index in [1.807, 2.05) is 11.3 Å². The normalized spacial score (nSPS) is 22.9. The first-order valence-electron chi connectivity index (χ1n) is 7.76. The van der Waals surface area contributed by atoms with Crippen molar-refractivity contribution in [3.63, 3.8) is 0 Å². The first kappa shape index (κ1) is 14.5. The smallest absolute Gasteiger partial charge is 0.0594 e. The van der Waals surface area contributed by atoms with Crippen molar-refractivity contribution in [1.82, 2.24) is 10.2 Å². The van der Waals surface area contributed by atoms with Crippen molar-refractivity contribution >= 4 is 11.3 Å². The summed E-state index contributed by atoms with van der Waals surface area (Å²) in [7, 11) is 0. The number of rotatable bonds is 6. The molecule has 2 aliphatic rings. The Morgan fingerprint density at radius 3 is 2.75 bits per heavy atom. The molecule has 0 amide bonds. The van der Waals surface area contributed by atoms with Gasteiger partial charge in [0.15, 0.2) is 0 Å². The van der Waals surface area contributed by atoms with Crippen LogP contribution >= 0.6 is 11.3 Å². The van der Waals surface area contributed by atoms with Crippen molar-refractivity contribution < 1.29 is 4.74 Å². The Morgan fingerprint density at radius 1 is 1.40 bits per heavy atom. The predicted octanol–water partition coefficient (Wildman–Crippen LogP) is 2.90. The van der Waals surface area contributed by atoms with Crippen LogP contribution < -0.4 is 5.32 Å². The largest absolute Gasteiger partial charge is 0.379 e. The second-order valence-corrected chi connectivity index (χ2v) is 7.60. The molecule has 2 heterocycles. The van der Waals surface area contributed by atoms with Crippen molar-refractivity contribution in [3.8, 4) is 0 Å². The molecule has 4 heteroatoms. The average molecular weight is 294 g/mol. The van der Waals surface area contributed by atoms with Gasteiger partial charge in [0.1, 0.15) is 0 Å². The van der Waals surface area contributed by atoms with E-state index in [0.717, 1.165) is 38.8 Å². The minimum Gasteiger partial charge on any atom is -0.379 e. The zero-order valence-corrected chi connectivity index (χ0v) is 13.4. The number of ether oxygens (including phenoxy) is 1. The van der Waals surface area contributed by atoms with Crippen LogP contribution in [0.3, 0.4) is 0 Å². The Hall–Kier alpha value is -0.420. The number of morpholine rings is 1. The quantitative estimate of drug-likeness (QED) is 0.873. The van der Waals surface area contributed by atoms with Crippen LogP contribution in [-0.2, 0) is 4.74 Å². The number of thiophene rings is 1. The highest BCUT2D eigenvalue weighted by molar-refractivity contribution is 7.10. The van der Waals surface area contributed by atoms with Gasteiger partial charge in [0.05, 0.1) is 13.2 Å². The topological polar surface area (TPSA) is 24.5 Å². The van der Waals surface area contributed by atoms with Crippen LogP contribution in [0.5, 0.6) is 0 Å². The minimum atomic E-state index is 0.203. The van der Waals surface area contributed by atoms with Crippen LogP contribution in [0.2, 0.25) is 0 Å². The summed E-state index contributed by atoms with van der Waals surface area (Å²) in [6.07, 6.45) is 2.76. The van der Waals surface area contributed by atoms with Gasteiger partial charge in [-0.15, -0.1) is 11.3 Å². The summed E-state index contributed by atoms with van der Waals surface area (Å²) in [6, 6.07) is 5.02. The highest BCUT2D eigenvalue weighted by Gasteiger charge is 2.35.